The van der Waals surface area contributed by atoms with Crippen molar-refractivity contribution in [2.45, 2.75) is 45.2 Å². The Morgan fingerprint density at radius 3 is 2.75 bits per heavy atom. The molecule has 1 aromatic heterocycles. The Hall–Kier alpha value is -1.75. The molecule has 0 radical (unpaired) electrons. The molecule has 1 atom stereocenters. The highest BCUT2D eigenvalue weighted by Gasteiger charge is 2.21. The molecule has 1 saturated carbocycles. The number of nitrogens with zero attached hydrogens (tertiary/aromatic N) is 4. The van der Waals surface area contributed by atoms with Crippen LogP contribution in [0.2, 0.25) is 0 Å². The Balaban J connectivity index is 1.65. The summed E-state index contributed by atoms with van der Waals surface area (Å²) in [6.07, 6.45) is 5.44. The molecule has 0 bridgehead atoms. The molecule has 1 fully saturated rings. The number of benzene rings is 1. The van der Waals surface area contributed by atoms with E-state index in [0.717, 1.165) is 17.4 Å². The molecule has 0 amide bonds. The monoisotopic (exact) mass is 271 g/mol. The third-order valence-electron chi connectivity index (χ3n) is 4.22. The van der Waals surface area contributed by atoms with Gasteiger partial charge in [-0.05, 0) is 48.2 Å². The molecule has 2 aromatic rings. The van der Waals surface area contributed by atoms with Gasteiger partial charge in [0.15, 0.2) is 5.82 Å². The van der Waals surface area contributed by atoms with Crippen molar-refractivity contribution in [2.75, 3.05) is 0 Å². The van der Waals surface area contributed by atoms with E-state index in [1.165, 1.54) is 25.7 Å². The number of hydrogen-bond acceptors (Lipinski definition) is 4. The summed E-state index contributed by atoms with van der Waals surface area (Å²) in [7, 11) is 0. The van der Waals surface area contributed by atoms with Gasteiger partial charge in [-0.3, -0.25) is 0 Å². The SMILES string of the molecule is CC(NCc1nnnn1-c1ccccc1)C1CCCC1. The van der Waals surface area contributed by atoms with Crippen LogP contribution < -0.4 is 5.32 Å². The van der Waals surface area contributed by atoms with Gasteiger partial charge < -0.3 is 5.32 Å². The summed E-state index contributed by atoms with van der Waals surface area (Å²) in [6.45, 7) is 2.98. The van der Waals surface area contributed by atoms with E-state index in [2.05, 4.69) is 27.8 Å². The van der Waals surface area contributed by atoms with Crippen molar-refractivity contribution in [2.24, 2.45) is 5.92 Å². The zero-order valence-corrected chi connectivity index (χ0v) is 11.9. The van der Waals surface area contributed by atoms with Gasteiger partial charge in [0.1, 0.15) is 0 Å². The minimum atomic E-state index is 0.526. The second-order valence-corrected chi connectivity index (χ2v) is 5.56. The number of tetrazole rings is 1. The number of para-hydroxylation sites is 1. The lowest BCUT2D eigenvalue weighted by molar-refractivity contribution is 0.375. The maximum absolute atomic E-state index is 4.13. The zero-order chi connectivity index (χ0) is 13.8. The third-order valence-corrected chi connectivity index (χ3v) is 4.22. The third kappa shape index (κ3) is 2.88. The first-order valence-electron chi connectivity index (χ1n) is 7.40. The molecule has 5 nitrogen and oxygen atoms in total. The maximum atomic E-state index is 4.13. The van der Waals surface area contributed by atoms with Crippen LogP contribution in [0.25, 0.3) is 5.69 Å². The van der Waals surface area contributed by atoms with Crippen molar-refractivity contribution < 1.29 is 0 Å². The van der Waals surface area contributed by atoms with Crippen LogP contribution in [0.5, 0.6) is 0 Å². The van der Waals surface area contributed by atoms with Gasteiger partial charge in [0, 0.05) is 6.04 Å². The minimum Gasteiger partial charge on any atom is -0.307 e. The second kappa shape index (κ2) is 6.13. The first-order chi connectivity index (χ1) is 9.84. The Kier molecular flexibility index (Phi) is 4.06. The molecule has 20 heavy (non-hydrogen) atoms. The number of hydrogen-bond donors (Lipinski definition) is 1. The number of nitrogens with one attached hydrogen (secondary N) is 1. The van der Waals surface area contributed by atoms with Crippen LogP contribution in [0.15, 0.2) is 30.3 Å². The summed E-state index contributed by atoms with van der Waals surface area (Å²) in [5.74, 6) is 1.66. The fraction of sp³-hybridized carbons (Fsp3) is 0.533. The van der Waals surface area contributed by atoms with Crippen LogP contribution >= 0.6 is 0 Å². The molecule has 0 aliphatic heterocycles. The predicted octanol–water partition coefficient (Wildman–Crippen LogP) is 2.33. The molecule has 1 aliphatic carbocycles. The molecule has 1 unspecified atom stereocenters. The summed E-state index contributed by atoms with van der Waals surface area (Å²) in [5.41, 5.74) is 1.00. The van der Waals surface area contributed by atoms with E-state index < -0.39 is 0 Å². The standard InChI is InChI=1S/C15H21N5/c1-12(13-7-5-6-8-13)16-11-15-17-18-19-20(15)14-9-3-2-4-10-14/h2-4,9-10,12-13,16H,5-8,11H2,1H3. The molecular formula is C15H21N5. The van der Waals surface area contributed by atoms with Gasteiger partial charge >= 0.3 is 0 Å². The Bertz CT molecular complexity index is 530. The van der Waals surface area contributed by atoms with E-state index in [4.69, 9.17) is 0 Å². The molecule has 1 aliphatic rings. The molecule has 0 saturated heterocycles. The summed E-state index contributed by atoms with van der Waals surface area (Å²) in [6, 6.07) is 10.5. The van der Waals surface area contributed by atoms with Gasteiger partial charge in [0.05, 0.1) is 12.2 Å². The molecule has 1 aromatic carbocycles. The predicted molar refractivity (Wildman–Crippen MR) is 77.4 cm³/mol. The van der Waals surface area contributed by atoms with Gasteiger partial charge in [-0.2, -0.15) is 4.68 Å². The maximum Gasteiger partial charge on any atom is 0.170 e. The Morgan fingerprint density at radius 1 is 1.25 bits per heavy atom. The summed E-state index contributed by atoms with van der Waals surface area (Å²) >= 11 is 0. The highest BCUT2D eigenvalue weighted by atomic mass is 15.5. The normalized spacial score (nSPS) is 17.4. The van der Waals surface area contributed by atoms with E-state index >= 15 is 0 Å². The lowest BCUT2D eigenvalue weighted by Gasteiger charge is -2.19. The van der Waals surface area contributed by atoms with Crippen molar-refractivity contribution in [3.05, 3.63) is 36.2 Å². The fourth-order valence-electron chi connectivity index (χ4n) is 2.96. The first-order valence-corrected chi connectivity index (χ1v) is 7.40. The van der Waals surface area contributed by atoms with E-state index in [9.17, 15) is 0 Å². The highest BCUT2D eigenvalue weighted by Crippen LogP contribution is 2.27. The highest BCUT2D eigenvalue weighted by molar-refractivity contribution is 5.30. The van der Waals surface area contributed by atoms with Crippen molar-refractivity contribution in [1.82, 2.24) is 25.5 Å². The first kappa shape index (κ1) is 13.2. The summed E-state index contributed by atoms with van der Waals surface area (Å²) in [4.78, 5) is 0. The van der Waals surface area contributed by atoms with Crippen LogP contribution in [-0.4, -0.2) is 26.2 Å². The van der Waals surface area contributed by atoms with Crippen molar-refractivity contribution in [3.8, 4) is 5.69 Å². The quantitative estimate of drug-likeness (QED) is 0.907. The van der Waals surface area contributed by atoms with Crippen LogP contribution in [-0.2, 0) is 6.54 Å². The van der Waals surface area contributed by atoms with Gasteiger partial charge in [-0.15, -0.1) is 5.10 Å². The molecule has 0 spiro atoms. The molecule has 1 N–H and O–H groups in total. The lowest BCUT2D eigenvalue weighted by atomic mass is 10.00. The fourth-order valence-corrected chi connectivity index (χ4v) is 2.96. The van der Waals surface area contributed by atoms with Crippen molar-refractivity contribution >= 4 is 0 Å². The van der Waals surface area contributed by atoms with E-state index in [0.29, 0.717) is 12.6 Å². The Morgan fingerprint density at radius 2 is 2.00 bits per heavy atom. The largest absolute Gasteiger partial charge is 0.307 e. The molecular weight excluding hydrogens is 250 g/mol. The van der Waals surface area contributed by atoms with Crippen LogP contribution in [0.1, 0.15) is 38.4 Å². The van der Waals surface area contributed by atoms with E-state index in [1.807, 2.05) is 30.3 Å². The summed E-state index contributed by atoms with van der Waals surface area (Å²) in [5, 5.41) is 15.6. The minimum absolute atomic E-state index is 0.526. The Labute approximate surface area is 119 Å². The van der Waals surface area contributed by atoms with Crippen LogP contribution in [0.3, 0.4) is 0 Å². The summed E-state index contributed by atoms with van der Waals surface area (Å²) < 4.78 is 1.80. The number of aromatic nitrogens is 4. The average molecular weight is 271 g/mol. The van der Waals surface area contributed by atoms with Gasteiger partial charge in [0.2, 0.25) is 0 Å². The topological polar surface area (TPSA) is 55.6 Å². The van der Waals surface area contributed by atoms with Gasteiger partial charge in [0.25, 0.3) is 0 Å². The smallest absolute Gasteiger partial charge is 0.170 e. The van der Waals surface area contributed by atoms with Crippen LogP contribution in [0, 0.1) is 5.92 Å². The average Bonchev–Trinajstić information content (AvgIpc) is 3.17. The van der Waals surface area contributed by atoms with Crippen molar-refractivity contribution in [1.29, 1.82) is 0 Å². The molecule has 106 valence electrons. The van der Waals surface area contributed by atoms with Gasteiger partial charge in [-0.1, -0.05) is 31.0 Å². The van der Waals surface area contributed by atoms with Crippen molar-refractivity contribution in [3.63, 3.8) is 0 Å². The molecule has 1 heterocycles. The van der Waals surface area contributed by atoms with E-state index in [1.54, 1.807) is 4.68 Å². The zero-order valence-electron chi connectivity index (χ0n) is 11.9. The lowest BCUT2D eigenvalue weighted by Crippen LogP contribution is -2.32. The van der Waals surface area contributed by atoms with E-state index in [-0.39, 0.29) is 0 Å². The number of rotatable bonds is 5. The van der Waals surface area contributed by atoms with Gasteiger partial charge in [-0.25, -0.2) is 0 Å². The molecule has 3 rings (SSSR count). The molecule has 5 heteroatoms. The van der Waals surface area contributed by atoms with Crippen LogP contribution in [0.4, 0.5) is 0 Å². The second-order valence-electron chi connectivity index (χ2n) is 5.56.